The molecule has 29 heavy (non-hydrogen) atoms. The molecule has 2 aromatic rings. The van der Waals surface area contributed by atoms with E-state index >= 15 is 4.39 Å². The Morgan fingerprint density at radius 2 is 2.21 bits per heavy atom. The molecule has 7 nitrogen and oxygen atoms in total. The zero-order chi connectivity index (χ0) is 20.3. The third-order valence-corrected chi connectivity index (χ3v) is 7.80. The average molecular weight is 399 g/mol. The van der Waals surface area contributed by atoms with Gasteiger partial charge in [0.15, 0.2) is 11.6 Å². The molecular weight excluding hydrogens is 377 g/mol. The van der Waals surface area contributed by atoms with Gasteiger partial charge in [0.25, 0.3) is 0 Å². The van der Waals surface area contributed by atoms with Crippen molar-refractivity contribution in [3.8, 4) is 5.75 Å². The second-order valence-corrected chi connectivity index (χ2v) is 9.28. The zero-order valence-corrected chi connectivity index (χ0v) is 16.1. The quantitative estimate of drug-likeness (QED) is 0.803. The highest BCUT2D eigenvalue weighted by molar-refractivity contribution is 5.97. The number of ether oxygens (including phenoxy) is 1. The lowest BCUT2D eigenvalue weighted by molar-refractivity contribution is 0.0694. The van der Waals surface area contributed by atoms with Gasteiger partial charge in [-0.15, -0.1) is 0 Å². The predicted molar refractivity (Wildman–Crippen MR) is 104 cm³/mol. The zero-order valence-electron chi connectivity index (χ0n) is 16.1. The minimum Gasteiger partial charge on any atom is -0.487 e. The highest BCUT2D eigenvalue weighted by atomic mass is 19.1. The molecule has 0 bridgehead atoms. The van der Waals surface area contributed by atoms with Crippen LogP contribution in [0.1, 0.15) is 42.6 Å². The first kappa shape index (κ1) is 17.3. The topological polar surface area (TPSA) is 97.8 Å². The Balaban J connectivity index is 1.59. The van der Waals surface area contributed by atoms with Gasteiger partial charge in [0.1, 0.15) is 17.9 Å². The Kier molecular flexibility index (Phi) is 3.04. The monoisotopic (exact) mass is 399 g/mol. The number of carboxylic acids is 1. The number of aromatic nitrogens is 1. The van der Waals surface area contributed by atoms with Crippen molar-refractivity contribution in [2.45, 2.75) is 37.8 Å². The Hall–Kier alpha value is -2.61. The van der Waals surface area contributed by atoms with Crippen LogP contribution in [0.2, 0.25) is 0 Å². The van der Waals surface area contributed by atoms with Crippen LogP contribution in [0.15, 0.2) is 17.1 Å². The summed E-state index contributed by atoms with van der Waals surface area (Å²) < 4.78 is 23.1. The maximum absolute atomic E-state index is 15.4. The number of nitrogens with two attached hydrogens (primary N) is 1. The molecule has 1 saturated heterocycles. The average Bonchev–Trinajstić information content (AvgIpc) is 3.19. The number of nitrogens with zero attached hydrogens (tertiary/aromatic N) is 2. The summed E-state index contributed by atoms with van der Waals surface area (Å²) >= 11 is 0. The van der Waals surface area contributed by atoms with E-state index in [0.717, 1.165) is 19.3 Å². The third kappa shape index (κ3) is 1.95. The van der Waals surface area contributed by atoms with Crippen LogP contribution in [0.3, 0.4) is 0 Å². The number of rotatable bonds is 2. The highest BCUT2D eigenvalue weighted by Crippen LogP contribution is 2.70. The molecule has 8 heteroatoms. The summed E-state index contributed by atoms with van der Waals surface area (Å²) in [5, 5.41) is 9.45. The van der Waals surface area contributed by atoms with Gasteiger partial charge < -0.3 is 25.0 Å². The van der Waals surface area contributed by atoms with Gasteiger partial charge in [0.2, 0.25) is 5.43 Å². The summed E-state index contributed by atoms with van der Waals surface area (Å²) in [5.41, 5.74) is 6.26. The van der Waals surface area contributed by atoms with Gasteiger partial charge in [-0.1, -0.05) is 0 Å². The Morgan fingerprint density at radius 1 is 1.41 bits per heavy atom. The highest BCUT2D eigenvalue weighted by Gasteiger charge is 2.72. The molecular formula is C21H22FN3O4. The number of halogens is 1. The van der Waals surface area contributed by atoms with Crippen molar-refractivity contribution in [2.75, 3.05) is 24.6 Å². The number of hydrogen-bond acceptors (Lipinski definition) is 5. The standard InChI is InChI=1S/C21H22FN3O4/c1-10-7-29-18-15-12(17(26)13(19(27)28)6-25(10)15)4-14(22)16(18)24-8-20-5-11(20)2-3-21(20,23)9-24/h4,6,10-11H,2-3,5,7-9,23H2,1H3,(H,27,28)/t10-,11-,20?,21?/m0/s1. The van der Waals surface area contributed by atoms with Crippen LogP contribution in [0.25, 0.3) is 10.9 Å². The molecule has 152 valence electrons. The maximum atomic E-state index is 15.4. The molecule has 3 fully saturated rings. The van der Waals surface area contributed by atoms with Crippen molar-refractivity contribution in [3.05, 3.63) is 33.9 Å². The summed E-state index contributed by atoms with van der Waals surface area (Å²) in [6.07, 6.45) is 4.53. The number of pyridine rings is 1. The molecule has 1 aromatic heterocycles. The first-order valence-corrected chi connectivity index (χ1v) is 10.1. The van der Waals surface area contributed by atoms with E-state index in [4.69, 9.17) is 10.5 Å². The molecule has 3 heterocycles. The molecule has 4 atom stereocenters. The number of carboxylic acid groups (broad SMARTS) is 1. The van der Waals surface area contributed by atoms with E-state index in [1.807, 2.05) is 11.8 Å². The second kappa shape index (κ2) is 5.11. The molecule has 1 spiro atoms. The fraction of sp³-hybridized carbons (Fsp3) is 0.524. The van der Waals surface area contributed by atoms with E-state index in [0.29, 0.717) is 36.0 Å². The fourth-order valence-corrected chi connectivity index (χ4v) is 6.19. The lowest BCUT2D eigenvalue weighted by Gasteiger charge is -2.32. The van der Waals surface area contributed by atoms with Crippen molar-refractivity contribution >= 4 is 22.6 Å². The number of aromatic carboxylic acids is 1. The molecule has 2 aliphatic carbocycles. The smallest absolute Gasteiger partial charge is 0.341 e. The minimum absolute atomic E-state index is 0.0389. The van der Waals surface area contributed by atoms with E-state index in [2.05, 4.69) is 0 Å². The van der Waals surface area contributed by atoms with Gasteiger partial charge in [-0.3, -0.25) is 4.79 Å². The van der Waals surface area contributed by atoms with Crippen molar-refractivity contribution in [1.82, 2.24) is 4.57 Å². The summed E-state index contributed by atoms with van der Waals surface area (Å²) in [4.78, 5) is 26.2. The lowest BCUT2D eigenvalue weighted by atomic mass is 9.86. The summed E-state index contributed by atoms with van der Waals surface area (Å²) in [6, 6.07) is 0.993. The number of hydrogen-bond donors (Lipinski definition) is 2. The van der Waals surface area contributed by atoms with Crippen molar-refractivity contribution in [3.63, 3.8) is 0 Å². The summed E-state index contributed by atoms with van der Waals surface area (Å²) in [7, 11) is 0. The first-order chi connectivity index (χ1) is 13.8. The molecule has 0 radical (unpaired) electrons. The van der Waals surface area contributed by atoms with Gasteiger partial charge in [-0.25, -0.2) is 9.18 Å². The van der Waals surface area contributed by atoms with Crippen molar-refractivity contribution in [2.24, 2.45) is 17.1 Å². The Morgan fingerprint density at radius 3 is 2.90 bits per heavy atom. The molecule has 6 rings (SSSR count). The molecule has 3 N–H and O–H groups in total. The van der Waals surface area contributed by atoms with Crippen LogP contribution in [0.4, 0.5) is 10.1 Å². The van der Waals surface area contributed by atoms with Gasteiger partial charge in [-0.05, 0) is 38.2 Å². The third-order valence-electron chi connectivity index (χ3n) is 7.80. The van der Waals surface area contributed by atoms with Crippen LogP contribution >= 0.6 is 0 Å². The molecule has 0 amide bonds. The SMILES string of the molecule is C[C@H]1COc2c(N3CC4(N)CC[C@H]5CC54C3)c(F)cc3c(=O)c(C(=O)O)cn1c23. The van der Waals surface area contributed by atoms with E-state index in [-0.39, 0.29) is 34.6 Å². The Labute approximate surface area is 165 Å². The number of carbonyl (C=O) groups is 1. The van der Waals surface area contributed by atoms with Crippen LogP contribution in [-0.4, -0.2) is 40.9 Å². The second-order valence-electron chi connectivity index (χ2n) is 9.28. The van der Waals surface area contributed by atoms with Gasteiger partial charge >= 0.3 is 5.97 Å². The van der Waals surface area contributed by atoms with E-state index in [9.17, 15) is 14.7 Å². The first-order valence-electron chi connectivity index (χ1n) is 10.1. The van der Waals surface area contributed by atoms with Crippen LogP contribution in [0.5, 0.6) is 5.75 Å². The van der Waals surface area contributed by atoms with E-state index < -0.39 is 17.2 Å². The van der Waals surface area contributed by atoms with E-state index in [1.165, 1.54) is 12.3 Å². The lowest BCUT2D eigenvalue weighted by Crippen LogP contribution is -2.47. The summed E-state index contributed by atoms with van der Waals surface area (Å²) in [6.45, 7) is 3.41. The Bertz CT molecular complexity index is 1170. The van der Waals surface area contributed by atoms with Crippen molar-refractivity contribution in [1.29, 1.82) is 0 Å². The molecule has 2 saturated carbocycles. The minimum atomic E-state index is -1.32. The van der Waals surface area contributed by atoms with Crippen molar-refractivity contribution < 1.29 is 19.0 Å². The van der Waals surface area contributed by atoms with Crippen LogP contribution in [0, 0.1) is 17.2 Å². The van der Waals surface area contributed by atoms with Gasteiger partial charge in [0, 0.05) is 30.2 Å². The summed E-state index contributed by atoms with van der Waals surface area (Å²) in [5.74, 6) is -0.939. The predicted octanol–water partition coefficient (Wildman–Crippen LogP) is 2.11. The van der Waals surface area contributed by atoms with Gasteiger partial charge in [-0.2, -0.15) is 0 Å². The largest absolute Gasteiger partial charge is 0.487 e. The maximum Gasteiger partial charge on any atom is 0.341 e. The molecule has 2 aliphatic heterocycles. The van der Waals surface area contributed by atoms with Crippen LogP contribution < -0.4 is 20.8 Å². The normalized spacial score (nSPS) is 34.1. The number of benzene rings is 1. The number of anilines is 1. The van der Waals surface area contributed by atoms with E-state index in [1.54, 1.807) is 4.57 Å². The molecule has 1 aromatic carbocycles. The fourth-order valence-electron chi connectivity index (χ4n) is 6.19. The van der Waals surface area contributed by atoms with Crippen LogP contribution in [-0.2, 0) is 0 Å². The molecule has 4 aliphatic rings. The van der Waals surface area contributed by atoms with Gasteiger partial charge in [0.05, 0.1) is 16.9 Å². The molecule has 2 unspecified atom stereocenters.